The third-order valence-corrected chi connectivity index (χ3v) is 2.39. The van der Waals surface area contributed by atoms with Gasteiger partial charge in [0.1, 0.15) is 12.4 Å². The van der Waals surface area contributed by atoms with E-state index in [0.29, 0.717) is 6.29 Å². The third-order valence-electron chi connectivity index (χ3n) is 2.39. The number of aryl methyl sites for hydroxylation is 2. The Hall–Kier alpha value is -3.25. The monoisotopic (exact) mass is 332 g/mol. The zero-order valence-electron chi connectivity index (χ0n) is 11.8. The second-order valence-electron chi connectivity index (χ2n) is 4.08. The molecule has 0 spiro atoms. The summed E-state index contributed by atoms with van der Waals surface area (Å²) >= 11 is 0. The highest BCUT2D eigenvalue weighted by molar-refractivity contribution is 5.77. The SMILES string of the molecule is Cn1cc([N+](=O)[O-])c(C(F)F)n1.Cn1cc([N+](=O)[O-])c(C=O)n1. The van der Waals surface area contributed by atoms with Gasteiger partial charge in [-0.3, -0.25) is 34.4 Å². The Balaban J connectivity index is 0.000000231. The van der Waals surface area contributed by atoms with E-state index in [1.807, 2.05) is 0 Å². The standard InChI is InChI=1S/C5H5F2N3O2.C5H5N3O3/c1-9-2-3(10(11)12)4(8-9)5(6)7;1-7-2-5(8(10)11)4(3-9)6-7/h2,5H,1H3;2-3H,1H3. The van der Waals surface area contributed by atoms with Gasteiger partial charge in [-0.2, -0.15) is 10.2 Å². The molecule has 0 aliphatic carbocycles. The van der Waals surface area contributed by atoms with Crippen LogP contribution in [0.5, 0.6) is 0 Å². The summed E-state index contributed by atoms with van der Waals surface area (Å²) < 4.78 is 26.3. The molecule has 0 amide bonds. The Kier molecular flexibility index (Phi) is 5.53. The number of halogens is 2. The number of nitro groups is 2. The molecule has 0 fully saturated rings. The summed E-state index contributed by atoms with van der Waals surface area (Å²) in [6.45, 7) is 0. The van der Waals surface area contributed by atoms with Crippen LogP contribution in [0.4, 0.5) is 20.2 Å². The first-order valence-corrected chi connectivity index (χ1v) is 5.76. The van der Waals surface area contributed by atoms with Gasteiger partial charge < -0.3 is 0 Å². The number of carbonyl (C=O) groups excluding carboxylic acids is 1. The Morgan fingerprint density at radius 2 is 1.57 bits per heavy atom. The van der Waals surface area contributed by atoms with Crippen LogP contribution in [0.3, 0.4) is 0 Å². The average molecular weight is 332 g/mol. The van der Waals surface area contributed by atoms with Gasteiger partial charge in [-0.15, -0.1) is 0 Å². The van der Waals surface area contributed by atoms with Gasteiger partial charge in [0.05, 0.1) is 9.85 Å². The van der Waals surface area contributed by atoms with Crippen LogP contribution in [0.25, 0.3) is 0 Å². The lowest BCUT2D eigenvalue weighted by Gasteiger charge is -1.90. The molecule has 23 heavy (non-hydrogen) atoms. The molecule has 2 aromatic heterocycles. The lowest BCUT2D eigenvalue weighted by molar-refractivity contribution is -0.386. The van der Waals surface area contributed by atoms with Gasteiger partial charge in [0.2, 0.25) is 11.4 Å². The number of nitrogens with zero attached hydrogens (tertiary/aromatic N) is 6. The summed E-state index contributed by atoms with van der Waals surface area (Å²) in [6, 6.07) is 0. The van der Waals surface area contributed by atoms with Crippen molar-refractivity contribution in [2.45, 2.75) is 6.43 Å². The van der Waals surface area contributed by atoms with Gasteiger partial charge in [-0.1, -0.05) is 0 Å². The molecule has 0 N–H and O–H groups in total. The van der Waals surface area contributed by atoms with Crippen LogP contribution in [0.15, 0.2) is 12.4 Å². The average Bonchev–Trinajstić information content (AvgIpc) is 3.02. The number of rotatable bonds is 4. The van der Waals surface area contributed by atoms with E-state index in [4.69, 9.17) is 0 Å². The highest BCUT2D eigenvalue weighted by Crippen LogP contribution is 2.26. The molecule has 0 aromatic carbocycles. The summed E-state index contributed by atoms with van der Waals surface area (Å²) in [5, 5.41) is 27.2. The van der Waals surface area contributed by atoms with Crippen molar-refractivity contribution in [1.82, 2.24) is 19.6 Å². The van der Waals surface area contributed by atoms with Gasteiger partial charge in [-0.25, -0.2) is 8.78 Å². The second-order valence-corrected chi connectivity index (χ2v) is 4.08. The van der Waals surface area contributed by atoms with Crippen molar-refractivity contribution in [3.05, 3.63) is 44.0 Å². The van der Waals surface area contributed by atoms with E-state index in [1.54, 1.807) is 0 Å². The summed E-state index contributed by atoms with van der Waals surface area (Å²) in [7, 11) is 2.86. The van der Waals surface area contributed by atoms with Gasteiger partial charge in [-0.05, 0) is 0 Å². The van der Waals surface area contributed by atoms with E-state index >= 15 is 0 Å². The number of aromatic nitrogens is 4. The van der Waals surface area contributed by atoms with Crippen LogP contribution in [0.2, 0.25) is 0 Å². The van der Waals surface area contributed by atoms with Crippen molar-refractivity contribution < 1.29 is 23.4 Å². The zero-order valence-corrected chi connectivity index (χ0v) is 11.8. The molecule has 0 unspecified atom stereocenters. The molecule has 0 aliphatic rings. The maximum Gasteiger partial charge on any atom is 0.317 e. The molecule has 124 valence electrons. The molecule has 2 aromatic rings. The van der Waals surface area contributed by atoms with E-state index < -0.39 is 27.7 Å². The van der Waals surface area contributed by atoms with Crippen LogP contribution >= 0.6 is 0 Å². The summed E-state index contributed by atoms with van der Waals surface area (Å²) in [6.07, 6.45) is -0.421. The van der Waals surface area contributed by atoms with E-state index in [-0.39, 0.29) is 11.4 Å². The lowest BCUT2D eigenvalue weighted by atomic mass is 10.4. The van der Waals surface area contributed by atoms with Crippen LogP contribution in [0, 0.1) is 20.2 Å². The van der Waals surface area contributed by atoms with Crippen molar-refractivity contribution in [3.8, 4) is 0 Å². The minimum atomic E-state index is -2.91. The topological polar surface area (TPSA) is 139 Å². The number of alkyl halides is 2. The molecule has 0 radical (unpaired) electrons. The fraction of sp³-hybridized carbons (Fsp3) is 0.300. The number of hydrogen-bond acceptors (Lipinski definition) is 7. The molecular formula is C10H10F2N6O5. The molecular weight excluding hydrogens is 322 g/mol. The summed E-state index contributed by atoms with van der Waals surface area (Å²) in [5.41, 5.74) is -1.84. The second kappa shape index (κ2) is 7.15. The van der Waals surface area contributed by atoms with Crippen molar-refractivity contribution in [2.24, 2.45) is 14.1 Å². The first-order chi connectivity index (χ1) is 10.7. The maximum atomic E-state index is 12.0. The summed E-state index contributed by atoms with van der Waals surface area (Å²) in [4.78, 5) is 29.0. The number of aldehydes is 1. The first-order valence-electron chi connectivity index (χ1n) is 5.76. The fourth-order valence-corrected chi connectivity index (χ4v) is 1.51. The normalized spacial score (nSPS) is 10.1. The molecule has 11 nitrogen and oxygen atoms in total. The lowest BCUT2D eigenvalue weighted by Crippen LogP contribution is -1.93. The van der Waals surface area contributed by atoms with E-state index in [0.717, 1.165) is 10.9 Å². The predicted molar refractivity (Wildman–Crippen MR) is 70.1 cm³/mol. The minimum absolute atomic E-state index is 0.141. The number of hydrogen-bond donors (Lipinski definition) is 0. The highest BCUT2D eigenvalue weighted by atomic mass is 19.3. The Bertz CT molecular complexity index is 740. The highest BCUT2D eigenvalue weighted by Gasteiger charge is 2.25. The molecule has 0 saturated heterocycles. The quantitative estimate of drug-likeness (QED) is 0.468. The minimum Gasteiger partial charge on any atom is -0.296 e. The predicted octanol–water partition coefficient (Wildman–Crippen LogP) is 1.41. The zero-order chi connectivity index (χ0) is 17.7. The molecule has 0 saturated carbocycles. The van der Waals surface area contributed by atoms with Gasteiger partial charge in [0.25, 0.3) is 6.43 Å². The van der Waals surface area contributed by atoms with Gasteiger partial charge in [0, 0.05) is 14.1 Å². The van der Waals surface area contributed by atoms with Crippen LogP contribution < -0.4 is 0 Å². The van der Waals surface area contributed by atoms with Crippen molar-refractivity contribution in [3.63, 3.8) is 0 Å². The van der Waals surface area contributed by atoms with Gasteiger partial charge in [0.15, 0.2) is 6.29 Å². The summed E-state index contributed by atoms with van der Waals surface area (Å²) in [5.74, 6) is 0. The van der Waals surface area contributed by atoms with E-state index in [1.165, 1.54) is 25.0 Å². The molecule has 0 bridgehead atoms. The van der Waals surface area contributed by atoms with Crippen LogP contribution in [-0.4, -0.2) is 35.7 Å². The maximum absolute atomic E-state index is 12.0. The van der Waals surface area contributed by atoms with E-state index in [9.17, 15) is 33.8 Å². The molecule has 13 heteroatoms. The van der Waals surface area contributed by atoms with Crippen LogP contribution in [0.1, 0.15) is 22.6 Å². The fourth-order valence-electron chi connectivity index (χ4n) is 1.51. The third kappa shape index (κ3) is 4.36. The van der Waals surface area contributed by atoms with Gasteiger partial charge >= 0.3 is 11.4 Å². The molecule has 0 aliphatic heterocycles. The number of carbonyl (C=O) groups is 1. The first kappa shape index (κ1) is 17.8. The Morgan fingerprint density at radius 1 is 1.09 bits per heavy atom. The van der Waals surface area contributed by atoms with Crippen molar-refractivity contribution in [1.29, 1.82) is 0 Å². The Labute approximate surface area is 126 Å². The van der Waals surface area contributed by atoms with Crippen molar-refractivity contribution >= 4 is 17.7 Å². The molecule has 2 heterocycles. The van der Waals surface area contributed by atoms with Crippen LogP contribution in [-0.2, 0) is 14.1 Å². The van der Waals surface area contributed by atoms with Crippen molar-refractivity contribution in [2.75, 3.05) is 0 Å². The smallest absolute Gasteiger partial charge is 0.296 e. The Morgan fingerprint density at radius 3 is 1.91 bits per heavy atom. The van der Waals surface area contributed by atoms with E-state index in [2.05, 4.69) is 10.2 Å². The molecule has 2 rings (SSSR count). The largest absolute Gasteiger partial charge is 0.317 e. The molecule has 0 atom stereocenters.